The van der Waals surface area contributed by atoms with E-state index in [1.165, 1.54) is 51.4 Å². The molecule has 0 aromatic carbocycles. The molecule has 0 bridgehead atoms. The summed E-state index contributed by atoms with van der Waals surface area (Å²) in [5.74, 6) is 0. The standard InChI is InChI=1S/C14H33OP/c1-5-7-9-11-13-16(3,4,15)14-12-10-8-6-2/h15H,5-14H2,1-4H3. The summed E-state index contributed by atoms with van der Waals surface area (Å²) >= 11 is 0. The molecule has 100 valence electrons. The molecule has 2 heteroatoms. The minimum atomic E-state index is -2.27. The van der Waals surface area contributed by atoms with Gasteiger partial charge in [-0.25, -0.2) is 0 Å². The number of hydrogen-bond acceptors (Lipinski definition) is 1. The van der Waals surface area contributed by atoms with Crippen LogP contribution in [-0.2, 0) is 0 Å². The molecule has 1 N–H and O–H groups in total. The fourth-order valence-electron chi connectivity index (χ4n) is 2.19. The van der Waals surface area contributed by atoms with Crippen molar-refractivity contribution >= 4 is 6.83 Å². The van der Waals surface area contributed by atoms with Gasteiger partial charge in [-0.15, -0.1) is 0 Å². The molecular weight excluding hydrogens is 215 g/mol. The molecule has 0 aliphatic carbocycles. The Labute approximate surface area is 103 Å². The second-order valence-electron chi connectivity index (χ2n) is 6.19. The third-order valence-electron chi connectivity index (χ3n) is 3.43. The molecule has 0 aliphatic heterocycles. The summed E-state index contributed by atoms with van der Waals surface area (Å²) in [5.41, 5.74) is 0. The van der Waals surface area contributed by atoms with Gasteiger partial charge in [-0.3, -0.25) is 0 Å². The van der Waals surface area contributed by atoms with E-state index < -0.39 is 6.83 Å². The van der Waals surface area contributed by atoms with Crippen LogP contribution >= 0.6 is 6.83 Å². The van der Waals surface area contributed by atoms with E-state index >= 15 is 0 Å². The van der Waals surface area contributed by atoms with Gasteiger partial charge in [0.05, 0.1) is 0 Å². The monoisotopic (exact) mass is 248 g/mol. The van der Waals surface area contributed by atoms with Crippen molar-refractivity contribution in [1.29, 1.82) is 0 Å². The molecule has 0 spiro atoms. The fourth-order valence-corrected chi connectivity index (χ4v) is 4.85. The maximum atomic E-state index is 10.7. The average molecular weight is 248 g/mol. The Morgan fingerprint density at radius 1 is 0.688 bits per heavy atom. The summed E-state index contributed by atoms with van der Waals surface area (Å²) in [6.45, 7) is 6.52. The topological polar surface area (TPSA) is 20.2 Å². The molecule has 0 aromatic heterocycles. The Kier molecular flexibility index (Phi) is 7.85. The van der Waals surface area contributed by atoms with Crippen LogP contribution in [0.2, 0.25) is 0 Å². The van der Waals surface area contributed by atoms with Crippen LogP contribution in [0.3, 0.4) is 0 Å². The van der Waals surface area contributed by atoms with E-state index in [0.717, 1.165) is 12.3 Å². The van der Waals surface area contributed by atoms with E-state index in [1.54, 1.807) is 0 Å². The molecule has 0 fully saturated rings. The molecular formula is C14H33OP. The zero-order valence-electron chi connectivity index (χ0n) is 12.0. The van der Waals surface area contributed by atoms with E-state index in [9.17, 15) is 4.89 Å². The zero-order chi connectivity index (χ0) is 12.5. The van der Waals surface area contributed by atoms with Gasteiger partial charge < -0.3 is 0 Å². The van der Waals surface area contributed by atoms with Crippen LogP contribution in [0.1, 0.15) is 65.2 Å². The zero-order valence-corrected chi connectivity index (χ0v) is 12.9. The van der Waals surface area contributed by atoms with Gasteiger partial charge in [-0.2, -0.15) is 0 Å². The van der Waals surface area contributed by atoms with E-state index in [-0.39, 0.29) is 0 Å². The Morgan fingerprint density at radius 2 is 1.06 bits per heavy atom. The van der Waals surface area contributed by atoms with Crippen molar-refractivity contribution in [2.45, 2.75) is 65.2 Å². The summed E-state index contributed by atoms with van der Waals surface area (Å²) in [6, 6.07) is 0. The van der Waals surface area contributed by atoms with Crippen molar-refractivity contribution in [2.75, 3.05) is 25.7 Å². The molecule has 0 rings (SSSR count). The second-order valence-corrected chi connectivity index (χ2v) is 12.3. The van der Waals surface area contributed by atoms with Crippen molar-refractivity contribution in [1.82, 2.24) is 0 Å². The van der Waals surface area contributed by atoms with Crippen LogP contribution in [0.15, 0.2) is 0 Å². The molecule has 0 amide bonds. The van der Waals surface area contributed by atoms with Gasteiger partial charge >= 0.3 is 103 Å². The maximum absolute atomic E-state index is 10.7. The molecule has 0 saturated carbocycles. The minimum absolute atomic E-state index is 1.08. The van der Waals surface area contributed by atoms with Crippen molar-refractivity contribution < 1.29 is 4.89 Å². The Balaban J connectivity index is 3.75. The van der Waals surface area contributed by atoms with Gasteiger partial charge in [-0.05, 0) is 0 Å². The SMILES string of the molecule is CCCCCCP(C)(C)(O)CCCCCC. The molecule has 0 unspecified atom stereocenters. The van der Waals surface area contributed by atoms with Crippen molar-refractivity contribution in [3.63, 3.8) is 0 Å². The van der Waals surface area contributed by atoms with Crippen LogP contribution in [0.5, 0.6) is 0 Å². The number of hydrogen-bond donors (Lipinski definition) is 1. The third-order valence-corrected chi connectivity index (χ3v) is 6.89. The van der Waals surface area contributed by atoms with Crippen LogP contribution < -0.4 is 0 Å². The molecule has 0 aliphatic rings. The first-order valence-corrected chi connectivity index (χ1v) is 10.6. The quantitative estimate of drug-likeness (QED) is 0.432. The van der Waals surface area contributed by atoms with Gasteiger partial charge in [0.25, 0.3) is 0 Å². The Morgan fingerprint density at radius 3 is 1.38 bits per heavy atom. The Bertz CT molecular complexity index is 153. The molecule has 0 radical (unpaired) electrons. The molecule has 0 heterocycles. The van der Waals surface area contributed by atoms with Gasteiger partial charge in [0.1, 0.15) is 0 Å². The van der Waals surface area contributed by atoms with Gasteiger partial charge in [-0.1, -0.05) is 0 Å². The molecule has 0 atom stereocenters. The summed E-state index contributed by atoms with van der Waals surface area (Å²) < 4.78 is 0. The summed E-state index contributed by atoms with van der Waals surface area (Å²) in [6.07, 6.45) is 12.4. The Hall–Kier alpha value is 0.390. The van der Waals surface area contributed by atoms with Crippen molar-refractivity contribution in [3.05, 3.63) is 0 Å². The number of unbranched alkanes of at least 4 members (excludes halogenated alkanes) is 6. The third kappa shape index (κ3) is 9.60. The molecule has 0 aromatic rings. The van der Waals surface area contributed by atoms with Crippen LogP contribution in [0.25, 0.3) is 0 Å². The first-order chi connectivity index (χ1) is 7.39. The summed E-state index contributed by atoms with van der Waals surface area (Å²) in [7, 11) is 0. The van der Waals surface area contributed by atoms with Gasteiger partial charge in [0.2, 0.25) is 0 Å². The molecule has 1 nitrogen and oxygen atoms in total. The number of rotatable bonds is 10. The summed E-state index contributed by atoms with van der Waals surface area (Å²) in [4.78, 5) is 10.7. The first-order valence-electron chi connectivity index (χ1n) is 7.14. The fraction of sp³-hybridized carbons (Fsp3) is 1.00. The van der Waals surface area contributed by atoms with E-state index in [0.29, 0.717) is 0 Å². The van der Waals surface area contributed by atoms with Gasteiger partial charge in [0, 0.05) is 0 Å². The van der Waals surface area contributed by atoms with Crippen LogP contribution in [0, 0.1) is 0 Å². The average Bonchev–Trinajstić information content (AvgIpc) is 2.19. The van der Waals surface area contributed by atoms with Crippen LogP contribution in [0.4, 0.5) is 0 Å². The van der Waals surface area contributed by atoms with Crippen molar-refractivity contribution in [2.24, 2.45) is 0 Å². The summed E-state index contributed by atoms with van der Waals surface area (Å²) in [5, 5.41) is 0. The predicted molar refractivity (Wildman–Crippen MR) is 79.0 cm³/mol. The normalized spacial score (nSPS) is 14.7. The first kappa shape index (κ1) is 16.4. The van der Waals surface area contributed by atoms with Gasteiger partial charge in [0.15, 0.2) is 0 Å². The molecule has 0 saturated heterocycles. The second kappa shape index (κ2) is 7.67. The van der Waals surface area contributed by atoms with E-state index in [2.05, 4.69) is 27.2 Å². The van der Waals surface area contributed by atoms with E-state index in [1.807, 2.05) is 0 Å². The van der Waals surface area contributed by atoms with Crippen molar-refractivity contribution in [3.8, 4) is 0 Å². The molecule has 16 heavy (non-hydrogen) atoms. The van der Waals surface area contributed by atoms with Crippen LogP contribution in [-0.4, -0.2) is 30.5 Å². The van der Waals surface area contributed by atoms with E-state index in [4.69, 9.17) is 0 Å². The predicted octanol–water partition coefficient (Wildman–Crippen LogP) is 4.87.